The Hall–Kier alpha value is -2.94. The monoisotopic (exact) mass is 460 g/mol. The normalized spacial score (nSPS) is 16.9. The predicted octanol–water partition coefficient (Wildman–Crippen LogP) is 7.73. The molecule has 0 atom stereocenters. The second kappa shape index (κ2) is 7.83. The van der Waals surface area contributed by atoms with Crippen LogP contribution in [0.25, 0.3) is 43.8 Å². The molecule has 0 nitrogen and oxygen atoms in total. The summed E-state index contributed by atoms with van der Waals surface area (Å²) in [5.41, 5.74) is 8.73. The highest BCUT2D eigenvalue weighted by atomic mass is 32.1. The minimum atomic E-state index is 1.02. The Balaban J connectivity index is 1.28. The summed E-state index contributed by atoms with van der Waals surface area (Å²) in [6.45, 7) is 0. The van der Waals surface area contributed by atoms with Crippen LogP contribution in [0, 0.1) is 0 Å². The van der Waals surface area contributed by atoms with Crippen LogP contribution in [0.2, 0.25) is 0 Å². The third kappa shape index (κ3) is 3.40. The molecule has 4 aromatic rings. The fourth-order valence-electron chi connectivity index (χ4n) is 5.32. The molecule has 3 aliphatic rings. The molecule has 3 aliphatic carbocycles. The van der Waals surface area contributed by atoms with Gasteiger partial charge in [0.15, 0.2) is 0 Å². The summed E-state index contributed by atoms with van der Waals surface area (Å²) in [5.74, 6) is 0. The maximum atomic E-state index is 2.47. The average molecular weight is 461 g/mol. The highest BCUT2D eigenvalue weighted by Gasteiger charge is 2.22. The maximum Gasteiger partial charge on any atom is 0.0355 e. The molecule has 33 heavy (non-hydrogen) atoms. The van der Waals surface area contributed by atoms with Crippen LogP contribution in [0.5, 0.6) is 0 Å². The summed E-state index contributed by atoms with van der Waals surface area (Å²) in [4.78, 5) is 2.78. The Labute approximate surface area is 202 Å². The zero-order valence-electron chi connectivity index (χ0n) is 18.4. The summed E-state index contributed by atoms with van der Waals surface area (Å²) in [7, 11) is 0. The van der Waals surface area contributed by atoms with Crippen molar-refractivity contribution < 1.29 is 0 Å². The molecule has 160 valence electrons. The third-order valence-corrected chi connectivity index (χ3v) is 9.33. The quantitative estimate of drug-likeness (QED) is 0.287. The topological polar surface area (TPSA) is 0 Å². The van der Waals surface area contributed by atoms with Crippen molar-refractivity contribution in [1.29, 1.82) is 0 Å². The van der Waals surface area contributed by atoms with Crippen molar-refractivity contribution in [2.45, 2.75) is 32.1 Å². The Morgan fingerprint density at radius 3 is 2.70 bits per heavy atom. The van der Waals surface area contributed by atoms with Gasteiger partial charge in [-0.15, -0.1) is 22.7 Å². The van der Waals surface area contributed by atoms with Crippen LogP contribution in [-0.2, 0) is 6.42 Å². The standard InChI is InChI=1S/C31H24S2/c1-2-5-9-21(8-4-1)29-19-25-15-27-24(18-31(25)33-29)14-23-17-30-22(12-13-26(23)27)16-28(32-30)20-10-6-3-7-11-20/h3-4,6-12,15-19H,1-2,5,13-14H2. The highest BCUT2D eigenvalue weighted by Crippen LogP contribution is 2.42. The van der Waals surface area contributed by atoms with Gasteiger partial charge >= 0.3 is 0 Å². The van der Waals surface area contributed by atoms with Gasteiger partial charge < -0.3 is 0 Å². The van der Waals surface area contributed by atoms with Crippen molar-refractivity contribution in [2.24, 2.45) is 0 Å². The van der Waals surface area contributed by atoms with Crippen LogP contribution >= 0.6 is 22.7 Å². The smallest absolute Gasteiger partial charge is 0.0355 e. The molecule has 0 saturated carbocycles. The van der Waals surface area contributed by atoms with E-state index in [2.05, 4.69) is 85.0 Å². The van der Waals surface area contributed by atoms with Crippen molar-refractivity contribution in [3.63, 3.8) is 0 Å². The number of benzene rings is 2. The molecule has 0 amide bonds. The first-order chi connectivity index (χ1) is 16.3. The molecule has 0 radical (unpaired) electrons. The van der Waals surface area contributed by atoms with Crippen LogP contribution in [0.3, 0.4) is 0 Å². The number of hydrogen-bond acceptors (Lipinski definition) is 2. The van der Waals surface area contributed by atoms with Gasteiger partial charge in [0.05, 0.1) is 0 Å². The summed E-state index contributed by atoms with van der Waals surface area (Å²) < 4.78 is 2.83. The van der Waals surface area contributed by atoms with Gasteiger partial charge in [0, 0.05) is 19.0 Å². The van der Waals surface area contributed by atoms with E-state index in [0.29, 0.717) is 0 Å². The van der Waals surface area contributed by atoms with E-state index < -0.39 is 0 Å². The Bertz CT molecular complexity index is 1620. The van der Waals surface area contributed by atoms with Gasteiger partial charge in [-0.3, -0.25) is 0 Å². The second-order valence-electron chi connectivity index (χ2n) is 9.18. The van der Waals surface area contributed by atoms with Gasteiger partial charge in [-0.1, -0.05) is 54.6 Å². The molecule has 2 aromatic carbocycles. The van der Waals surface area contributed by atoms with E-state index in [-0.39, 0.29) is 0 Å². The molecule has 0 saturated heterocycles. The fourth-order valence-corrected chi connectivity index (χ4v) is 7.59. The zero-order chi connectivity index (χ0) is 21.8. The van der Waals surface area contributed by atoms with E-state index in [1.807, 2.05) is 22.7 Å². The van der Waals surface area contributed by atoms with Crippen molar-refractivity contribution in [3.8, 4) is 10.4 Å². The van der Waals surface area contributed by atoms with E-state index in [1.165, 1.54) is 82.3 Å². The van der Waals surface area contributed by atoms with Crippen LogP contribution in [-0.4, -0.2) is 0 Å². The largest absolute Gasteiger partial charge is 0.135 e. The van der Waals surface area contributed by atoms with E-state index in [0.717, 1.165) is 12.8 Å². The molecule has 0 N–H and O–H groups in total. The summed E-state index contributed by atoms with van der Waals surface area (Å²) in [5, 5.41) is 2.78. The number of rotatable bonds is 2. The summed E-state index contributed by atoms with van der Waals surface area (Å²) in [6.07, 6.45) is 17.7. The molecule has 0 bridgehead atoms. The molecule has 0 unspecified atom stereocenters. The molecule has 7 rings (SSSR count). The van der Waals surface area contributed by atoms with Gasteiger partial charge in [0.25, 0.3) is 0 Å². The molecule has 0 aliphatic heterocycles. The Morgan fingerprint density at radius 2 is 1.76 bits per heavy atom. The number of allylic oxidation sites excluding steroid dienone is 6. The number of thiophene rings is 2. The first-order valence-corrected chi connectivity index (χ1v) is 13.5. The summed E-state index contributed by atoms with van der Waals surface area (Å²) in [6, 6.07) is 20.5. The highest BCUT2D eigenvalue weighted by molar-refractivity contribution is 7.20. The van der Waals surface area contributed by atoms with Gasteiger partial charge in [-0.2, -0.15) is 0 Å². The molecule has 2 heteroatoms. The van der Waals surface area contributed by atoms with Crippen LogP contribution in [0.15, 0.2) is 78.4 Å². The van der Waals surface area contributed by atoms with E-state index in [9.17, 15) is 0 Å². The van der Waals surface area contributed by atoms with Gasteiger partial charge in [-0.25, -0.2) is 0 Å². The molecule has 2 heterocycles. The minimum absolute atomic E-state index is 1.02. The van der Waals surface area contributed by atoms with Gasteiger partial charge in [-0.05, 0) is 106 Å². The predicted molar refractivity (Wildman–Crippen MR) is 146 cm³/mol. The Morgan fingerprint density at radius 1 is 0.818 bits per heavy atom. The summed E-state index contributed by atoms with van der Waals surface area (Å²) >= 11 is 3.87. The second-order valence-corrected chi connectivity index (χ2v) is 11.3. The lowest BCUT2D eigenvalue weighted by Crippen LogP contribution is -2.16. The first kappa shape index (κ1) is 19.5. The lowest BCUT2D eigenvalue weighted by Gasteiger charge is -2.04. The third-order valence-electron chi connectivity index (χ3n) is 7.04. The van der Waals surface area contributed by atoms with Crippen LogP contribution in [0.4, 0.5) is 0 Å². The minimum Gasteiger partial charge on any atom is -0.135 e. The van der Waals surface area contributed by atoms with Crippen molar-refractivity contribution in [2.75, 3.05) is 0 Å². The van der Waals surface area contributed by atoms with Crippen LogP contribution in [0.1, 0.15) is 41.7 Å². The molecule has 2 aromatic heterocycles. The molecule has 0 fully saturated rings. The molecule has 0 spiro atoms. The average Bonchev–Trinajstić information content (AvgIpc) is 3.41. The fraction of sp³-hybridized carbons (Fsp3) is 0.161. The molecular weight excluding hydrogens is 436 g/mol. The SMILES string of the molecule is C1=CC(c2cc3cc4c(cc3s2)CC2=C4CC=c3cc(-c4ccccc4)sc3=C2)=CCCC1. The number of hydrogen-bond donors (Lipinski definition) is 0. The van der Waals surface area contributed by atoms with E-state index in [1.54, 1.807) is 0 Å². The zero-order valence-corrected chi connectivity index (χ0v) is 20.1. The Kier molecular flexibility index (Phi) is 4.63. The molecular formula is C31H24S2. The van der Waals surface area contributed by atoms with Crippen LogP contribution < -0.4 is 9.75 Å². The first-order valence-electron chi connectivity index (χ1n) is 11.8. The van der Waals surface area contributed by atoms with Crippen molar-refractivity contribution in [3.05, 3.63) is 104 Å². The van der Waals surface area contributed by atoms with Gasteiger partial charge in [0.2, 0.25) is 0 Å². The van der Waals surface area contributed by atoms with Crippen molar-refractivity contribution >= 4 is 56.1 Å². The van der Waals surface area contributed by atoms with E-state index >= 15 is 0 Å². The maximum absolute atomic E-state index is 2.47. The van der Waals surface area contributed by atoms with Gasteiger partial charge in [0.1, 0.15) is 0 Å². The number of fused-ring (bicyclic) bond motifs is 4. The lowest BCUT2D eigenvalue weighted by atomic mass is 10.0. The lowest BCUT2D eigenvalue weighted by molar-refractivity contribution is 0.876. The van der Waals surface area contributed by atoms with Crippen molar-refractivity contribution in [1.82, 2.24) is 0 Å². The van der Waals surface area contributed by atoms with E-state index in [4.69, 9.17) is 0 Å².